The predicted octanol–water partition coefficient (Wildman–Crippen LogP) is 4.08. The number of carbonyl (C=O) groups is 1. The van der Waals surface area contributed by atoms with Gasteiger partial charge in [0, 0.05) is 22.0 Å². The molecule has 2 N–H and O–H groups in total. The number of thioether (sulfide) groups is 1. The van der Waals surface area contributed by atoms with Gasteiger partial charge in [-0.1, -0.05) is 12.1 Å². The van der Waals surface area contributed by atoms with E-state index in [1.165, 1.54) is 0 Å². The lowest BCUT2D eigenvalue weighted by atomic mass is 10.1. The van der Waals surface area contributed by atoms with E-state index >= 15 is 0 Å². The molecule has 1 heterocycles. The molecule has 1 amide bonds. The van der Waals surface area contributed by atoms with Crippen LogP contribution in [0.1, 0.15) is 5.56 Å². The molecule has 0 bridgehead atoms. The number of anilines is 1. The fraction of sp³-hybridized carbons (Fsp3) is 0.167. The zero-order valence-electron chi connectivity index (χ0n) is 13.1. The van der Waals surface area contributed by atoms with Gasteiger partial charge in [-0.15, -0.1) is 11.8 Å². The molecule has 0 radical (unpaired) electrons. The molecular weight excluding hydrogens is 308 g/mol. The summed E-state index contributed by atoms with van der Waals surface area (Å²) in [5, 5.41) is 4.00. The third kappa shape index (κ3) is 3.35. The highest BCUT2D eigenvalue weighted by atomic mass is 32.2. The van der Waals surface area contributed by atoms with Crippen LogP contribution in [0.3, 0.4) is 0 Å². The largest absolute Gasteiger partial charge is 0.497 e. The molecular formula is C18H18N2O2S. The molecule has 0 saturated carbocycles. The quantitative estimate of drug-likeness (QED) is 0.695. The van der Waals surface area contributed by atoms with Crippen molar-refractivity contribution in [2.24, 2.45) is 0 Å². The molecule has 2 aromatic carbocycles. The van der Waals surface area contributed by atoms with E-state index in [0.717, 1.165) is 32.8 Å². The zero-order chi connectivity index (χ0) is 16.2. The molecule has 0 aliphatic heterocycles. The Hall–Kier alpha value is -2.40. The van der Waals surface area contributed by atoms with Crippen molar-refractivity contribution in [3.63, 3.8) is 0 Å². The van der Waals surface area contributed by atoms with E-state index in [2.05, 4.69) is 10.3 Å². The fourth-order valence-electron chi connectivity index (χ4n) is 2.55. The van der Waals surface area contributed by atoms with E-state index in [4.69, 9.17) is 4.74 Å². The van der Waals surface area contributed by atoms with Crippen LogP contribution in [-0.4, -0.2) is 24.3 Å². The minimum Gasteiger partial charge on any atom is -0.497 e. The number of H-pyrrole nitrogens is 1. The van der Waals surface area contributed by atoms with Crippen molar-refractivity contribution in [2.45, 2.75) is 11.3 Å². The lowest BCUT2D eigenvalue weighted by molar-refractivity contribution is -0.115. The Kier molecular flexibility index (Phi) is 4.57. The smallest absolute Gasteiger partial charge is 0.228 e. The number of aromatic nitrogens is 1. The van der Waals surface area contributed by atoms with Crippen LogP contribution in [0.2, 0.25) is 0 Å². The number of aromatic amines is 1. The molecule has 0 aliphatic rings. The highest BCUT2D eigenvalue weighted by Crippen LogP contribution is 2.26. The summed E-state index contributed by atoms with van der Waals surface area (Å²) in [6.45, 7) is 0. The van der Waals surface area contributed by atoms with Crippen molar-refractivity contribution in [1.29, 1.82) is 0 Å². The van der Waals surface area contributed by atoms with E-state index in [-0.39, 0.29) is 5.91 Å². The van der Waals surface area contributed by atoms with Crippen molar-refractivity contribution in [3.05, 3.63) is 54.2 Å². The van der Waals surface area contributed by atoms with E-state index in [9.17, 15) is 4.79 Å². The number of benzene rings is 2. The maximum absolute atomic E-state index is 12.4. The lowest BCUT2D eigenvalue weighted by Crippen LogP contribution is -2.14. The Bertz CT molecular complexity index is 842. The van der Waals surface area contributed by atoms with E-state index in [0.29, 0.717) is 6.42 Å². The second-order valence-corrected chi connectivity index (χ2v) is 6.00. The van der Waals surface area contributed by atoms with Gasteiger partial charge in [-0.3, -0.25) is 4.79 Å². The minimum atomic E-state index is -0.0322. The van der Waals surface area contributed by atoms with Gasteiger partial charge < -0.3 is 15.0 Å². The van der Waals surface area contributed by atoms with Crippen molar-refractivity contribution < 1.29 is 9.53 Å². The highest BCUT2D eigenvalue weighted by molar-refractivity contribution is 7.98. The summed E-state index contributed by atoms with van der Waals surface area (Å²) in [5.74, 6) is 0.752. The van der Waals surface area contributed by atoms with Gasteiger partial charge in [0.2, 0.25) is 5.91 Å². The molecule has 4 nitrogen and oxygen atoms in total. The number of ether oxygens (including phenoxy) is 1. The van der Waals surface area contributed by atoms with Crippen molar-refractivity contribution in [2.75, 3.05) is 18.7 Å². The number of hydrogen-bond acceptors (Lipinski definition) is 3. The van der Waals surface area contributed by atoms with Gasteiger partial charge in [0.1, 0.15) is 5.75 Å². The number of amides is 1. The Balaban J connectivity index is 1.80. The standard InChI is InChI=1S/C18H18N2O2S/c1-22-13-7-8-15-14(10-13)12(11-19-15)9-18(21)20-16-5-3-4-6-17(16)23-2/h3-8,10-11,19H,9H2,1-2H3,(H,20,21). The second-order valence-electron chi connectivity index (χ2n) is 5.15. The Morgan fingerprint density at radius 3 is 2.87 bits per heavy atom. The number of hydrogen-bond donors (Lipinski definition) is 2. The first kappa shape index (κ1) is 15.5. The molecule has 5 heteroatoms. The molecule has 0 unspecified atom stereocenters. The summed E-state index contributed by atoms with van der Waals surface area (Å²) in [6.07, 6.45) is 4.19. The number of rotatable bonds is 5. The fourth-order valence-corrected chi connectivity index (χ4v) is 3.10. The Morgan fingerprint density at radius 1 is 1.26 bits per heavy atom. The third-order valence-electron chi connectivity index (χ3n) is 3.71. The molecule has 0 saturated heterocycles. The Labute approximate surface area is 139 Å². The van der Waals surface area contributed by atoms with Crippen molar-refractivity contribution in [3.8, 4) is 5.75 Å². The first-order valence-electron chi connectivity index (χ1n) is 7.28. The summed E-state index contributed by atoms with van der Waals surface area (Å²) < 4.78 is 5.26. The van der Waals surface area contributed by atoms with Gasteiger partial charge in [-0.05, 0) is 42.2 Å². The van der Waals surface area contributed by atoms with E-state index in [1.54, 1.807) is 18.9 Å². The summed E-state index contributed by atoms with van der Waals surface area (Å²) in [4.78, 5) is 16.6. The van der Waals surface area contributed by atoms with Crippen LogP contribution < -0.4 is 10.1 Å². The van der Waals surface area contributed by atoms with Crippen LogP contribution in [0.25, 0.3) is 10.9 Å². The van der Waals surface area contributed by atoms with Gasteiger partial charge >= 0.3 is 0 Å². The van der Waals surface area contributed by atoms with Crippen LogP contribution in [0.5, 0.6) is 5.75 Å². The maximum Gasteiger partial charge on any atom is 0.228 e. The van der Waals surface area contributed by atoms with Crippen molar-refractivity contribution in [1.82, 2.24) is 4.98 Å². The van der Waals surface area contributed by atoms with Gasteiger partial charge in [-0.25, -0.2) is 0 Å². The summed E-state index contributed by atoms with van der Waals surface area (Å²) in [7, 11) is 1.64. The van der Waals surface area contributed by atoms with Gasteiger partial charge in [-0.2, -0.15) is 0 Å². The maximum atomic E-state index is 12.4. The van der Waals surface area contributed by atoms with E-state index < -0.39 is 0 Å². The third-order valence-corrected chi connectivity index (χ3v) is 4.50. The normalized spacial score (nSPS) is 10.7. The molecule has 118 valence electrons. The number of carbonyl (C=O) groups excluding carboxylic acids is 1. The molecule has 23 heavy (non-hydrogen) atoms. The molecule has 0 atom stereocenters. The zero-order valence-corrected chi connectivity index (χ0v) is 13.9. The SMILES string of the molecule is COc1ccc2[nH]cc(CC(=O)Nc3ccccc3SC)c2c1. The first-order valence-corrected chi connectivity index (χ1v) is 8.50. The van der Waals surface area contributed by atoms with Crippen LogP contribution >= 0.6 is 11.8 Å². The Morgan fingerprint density at radius 2 is 2.09 bits per heavy atom. The molecule has 3 rings (SSSR count). The number of fused-ring (bicyclic) bond motifs is 1. The second kappa shape index (κ2) is 6.79. The van der Waals surface area contributed by atoms with Crippen LogP contribution in [-0.2, 0) is 11.2 Å². The molecule has 3 aromatic rings. The van der Waals surface area contributed by atoms with Crippen LogP contribution in [0.15, 0.2) is 53.6 Å². The molecule has 0 fully saturated rings. The number of methoxy groups -OCH3 is 1. The molecule has 0 aliphatic carbocycles. The first-order chi connectivity index (χ1) is 11.2. The topological polar surface area (TPSA) is 54.1 Å². The highest BCUT2D eigenvalue weighted by Gasteiger charge is 2.11. The van der Waals surface area contributed by atoms with Crippen LogP contribution in [0, 0.1) is 0 Å². The van der Waals surface area contributed by atoms with Gasteiger partial charge in [0.25, 0.3) is 0 Å². The average molecular weight is 326 g/mol. The predicted molar refractivity (Wildman–Crippen MR) is 95.4 cm³/mol. The lowest BCUT2D eigenvalue weighted by Gasteiger charge is -2.09. The monoisotopic (exact) mass is 326 g/mol. The number of nitrogens with one attached hydrogen (secondary N) is 2. The summed E-state index contributed by atoms with van der Waals surface area (Å²) >= 11 is 1.62. The van der Waals surface area contributed by atoms with Gasteiger partial charge in [0.05, 0.1) is 19.2 Å². The van der Waals surface area contributed by atoms with Crippen LogP contribution in [0.4, 0.5) is 5.69 Å². The van der Waals surface area contributed by atoms with E-state index in [1.807, 2.05) is 54.9 Å². The van der Waals surface area contributed by atoms with Crippen molar-refractivity contribution >= 4 is 34.3 Å². The molecule has 0 spiro atoms. The summed E-state index contributed by atoms with van der Waals surface area (Å²) in [6, 6.07) is 13.6. The molecule has 1 aromatic heterocycles. The number of para-hydroxylation sites is 1. The average Bonchev–Trinajstić information content (AvgIpc) is 2.97. The summed E-state index contributed by atoms with van der Waals surface area (Å²) in [5.41, 5.74) is 2.80. The minimum absolute atomic E-state index is 0.0322. The van der Waals surface area contributed by atoms with Gasteiger partial charge in [0.15, 0.2) is 0 Å².